The molecule has 0 radical (unpaired) electrons. The number of hydrogen-bond acceptors (Lipinski definition) is 4. The summed E-state index contributed by atoms with van der Waals surface area (Å²) < 4.78 is 0.913. The van der Waals surface area contributed by atoms with Crippen LogP contribution in [0, 0.1) is 11.3 Å². The third-order valence-corrected chi connectivity index (χ3v) is 4.46. The highest BCUT2D eigenvalue weighted by Gasteiger charge is 2.19. The van der Waals surface area contributed by atoms with Gasteiger partial charge in [-0.3, -0.25) is 4.98 Å². The number of rotatable bonds is 3. The zero-order valence-electron chi connectivity index (χ0n) is 13.3. The predicted octanol–water partition coefficient (Wildman–Crippen LogP) is 5.25. The summed E-state index contributed by atoms with van der Waals surface area (Å²) in [5.74, 6) is 0.0852. The van der Waals surface area contributed by atoms with Gasteiger partial charge in [0.05, 0.1) is 28.9 Å². The van der Waals surface area contributed by atoms with Crippen LogP contribution in [0.1, 0.15) is 19.4 Å². The van der Waals surface area contributed by atoms with Crippen LogP contribution in [0.15, 0.2) is 53.1 Å². The van der Waals surface area contributed by atoms with Crippen LogP contribution in [0.3, 0.4) is 0 Å². The fourth-order valence-electron chi connectivity index (χ4n) is 2.46. The number of nitrogens with one attached hydrogen (secondary N) is 1. The molecular formula is C19H16BrN3O. The molecule has 24 heavy (non-hydrogen) atoms. The quantitative estimate of drug-likeness (QED) is 0.649. The number of aromatic hydroxyl groups is 1. The molecule has 4 nitrogen and oxygen atoms in total. The minimum Gasteiger partial charge on any atom is -0.504 e. The molecule has 3 rings (SSSR count). The molecule has 120 valence electrons. The Morgan fingerprint density at radius 2 is 1.88 bits per heavy atom. The van der Waals surface area contributed by atoms with Gasteiger partial charge in [-0.2, -0.15) is 5.26 Å². The Hall–Kier alpha value is -2.58. The van der Waals surface area contributed by atoms with Crippen LogP contribution in [0.5, 0.6) is 5.75 Å². The van der Waals surface area contributed by atoms with E-state index in [0.29, 0.717) is 5.69 Å². The Morgan fingerprint density at radius 3 is 2.54 bits per heavy atom. The van der Waals surface area contributed by atoms with Gasteiger partial charge in [0.25, 0.3) is 0 Å². The summed E-state index contributed by atoms with van der Waals surface area (Å²) >= 11 is 3.45. The second-order valence-corrected chi connectivity index (χ2v) is 7.03. The zero-order valence-corrected chi connectivity index (χ0v) is 14.9. The van der Waals surface area contributed by atoms with Gasteiger partial charge in [-0.1, -0.05) is 28.1 Å². The maximum absolute atomic E-state index is 10.2. The Morgan fingerprint density at radius 1 is 1.17 bits per heavy atom. The van der Waals surface area contributed by atoms with E-state index >= 15 is 0 Å². The van der Waals surface area contributed by atoms with E-state index in [-0.39, 0.29) is 5.75 Å². The maximum atomic E-state index is 10.2. The van der Waals surface area contributed by atoms with Crippen molar-refractivity contribution in [3.05, 3.63) is 58.7 Å². The zero-order chi connectivity index (χ0) is 17.3. The lowest BCUT2D eigenvalue weighted by molar-refractivity contribution is 0.476. The van der Waals surface area contributed by atoms with Gasteiger partial charge < -0.3 is 10.4 Å². The first kappa shape index (κ1) is 16.3. The number of fused-ring (bicyclic) bond motifs is 1. The number of hydrogen-bond donors (Lipinski definition) is 2. The smallest absolute Gasteiger partial charge is 0.158 e. The molecule has 5 heteroatoms. The van der Waals surface area contributed by atoms with Crippen LogP contribution in [-0.2, 0) is 5.41 Å². The molecule has 1 heterocycles. The SMILES string of the molecule is CC(C)(C#N)c1ccc(Nc2c(O)cnc3ccc(Br)cc23)cc1. The van der Waals surface area contributed by atoms with E-state index in [0.717, 1.165) is 26.6 Å². The lowest BCUT2D eigenvalue weighted by atomic mass is 9.86. The summed E-state index contributed by atoms with van der Waals surface area (Å²) in [7, 11) is 0. The van der Waals surface area contributed by atoms with Crippen LogP contribution in [-0.4, -0.2) is 10.1 Å². The van der Waals surface area contributed by atoms with Crippen LogP contribution in [0.25, 0.3) is 10.9 Å². The number of anilines is 2. The second-order valence-electron chi connectivity index (χ2n) is 6.12. The van der Waals surface area contributed by atoms with Gasteiger partial charge in [0, 0.05) is 15.5 Å². The Bertz CT molecular complexity index is 938. The standard InChI is InChI=1S/C19H16BrN3O/c1-19(2,11-21)12-3-6-14(7-4-12)23-18-15-9-13(20)5-8-16(15)22-10-17(18)24/h3-10,24H,1-2H3,(H,22,23). The average Bonchev–Trinajstić information content (AvgIpc) is 2.58. The molecule has 0 spiro atoms. The van der Waals surface area contributed by atoms with Crippen molar-refractivity contribution in [2.24, 2.45) is 0 Å². The molecule has 1 aromatic heterocycles. The average molecular weight is 382 g/mol. The fraction of sp³-hybridized carbons (Fsp3) is 0.158. The van der Waals surface area contributed by atoms with Crippen LogP contribution in [0.4, 0.5) is 11.4 Å². The summed E-state index contributed by atoms with van der Waals surface area (Å²) in [5.41, 5.74) is 2.64. The molecular weight excluding hydrogens is 366 g/mol. The van der Waals surface area contributed by atoms with Gasteiger partial charge >= 0.3 is 0 Å². The molecule has 0 saturated carbocycles. The van der Waals surface area contributed by atoms with Gasteiger partial charge in [-0.25, -0.2) is 0 Å². The normalized spacial score (nSPS) is 11.2. The first-order valence-electron chi connectivity index (χ1n) is 7.47. The van der Waals surface area contributed by atoms with E-state index in [2.05, 4.69) is 32.3 Å². The molecule has 0 unspecified atom stereocenters. The van der Waals surface area contributed by atoms with E-state index in [4.69, 9.17) is 0 Å². The van der Waals surface area contributed by atoms with E-state index in [9.17, 15) is 10.4 Å². The molecule has 2 N–H and O–H groups in total. The van der Waals surface area contributed by atoms with Crippen LogP contribution in [0.2, 0.25) is 0 Å². The highest BCUT2D eigenvalue weighted by molar-refractivity contribution is 9.10. The monoisotopic (exact) mass is 381 g/mol. The van der Waals surface area contributed by atoms with E-state index < -0.39 is 5.41 Å². The molecule has 0 aliphatic rings. The molecule has 0 bridgehead atoms. The number of nitriles is 1. The third kappa shape index (κ3) is 3.06. The molecule has 0 fully saturated rings. The van der Waals surface area contributed by atoms with E-state index in [1.54, 1.807) is 0 Å². The van der Waals surface area contributed by atoms with E-state index in [1.807, 2.05) is 56.3 Å². The van der Waals surface area contributed by atoms with Gasteiger partial charge in [0.1, 0.15) is 0 Å². The first-order valence-corrected chi connectivity index (χ1v) is 8.26. The van der Waals surface area contributed by atoms with Crippen molar-refractivity contribution in [2.45, 2.75) is 19.3 Å². The number of nitrogens with zero attached hydrogens (tertiary/aromatic N) is 2. The van der Waals surface area contributed by atoms with Gasteiger partial charge in [-0.15, -0.1) is 0 Å². The second kappa shape index (κ2) is 6.14. The van der Waals surface area contributed by atoms with Crippen molar-refractivity contribution in [2.75, 3.05) is 5.32 Å². The maximum Gasteiger partial charge on any atom is 0.158 e. The molecule has 0 aliphatic carbocycles. The molecule has 0 amide bonds. The first-order chi connectivity index (χ1) is 11.4. The minimum atomic E-state index is -0.533. The lowest BCUT2D eigenvalue weighted by Crippen LogP contribution is -2.13. The minimum absolute atomic E-state index is 0.0852. The largest absolute Gasteiger partial charge is 0.504 e. The van der Waals surface area contributed by atoms with Crippen molar-refractivity contribution >= 4 is 38.2 Å². The molecule has 3 aromatic rings. The number of halogens is 1. The Kier molecular flexibility index (Phi) is 4.16. The lowest BCUT2D eigenvalue weighted by Gasteiger charge is -2.17. The van der Waals surface area contributed by atoms with Crippen molar-refractivity contribution < 1.29 is 5.11 Å². The van der Waals surface area contributed by atoms with Crippen molar-refractivity contribution in [1.82, 2.24) is 4.98 Å². The van der Waals surface area contributed by atoms with Crippen LogP contribution >= 0.6 is 15.9 Å². The van der Waals surface area contributed by atoms with Gasteiger partial charge in [0.2, 0.25) is 0 Å². The van der Waals surface area contributed by atoms with Gasteiger partial charge in [0.15, 0.2) is 5.75 Å². The van der Waals surface area contributed by atoms with Gasteiger partial charge in [-0.05, 0) is 49.7 Å². The molecule has 0 saturated heterocycles. The summed E-state index contributed by atoms with van der Waals surface area (Å²) in [6.07, 6.45) is 1.44. The number of pyridine rings is 1. The highest BCUT2D eigenvalue weighted by atomic mass is 79.9. The van der Waals surface area contributed by atoms with Crippen LogP contribution < -0.4 is 5.32 Å². The topological polar surface area (TPSA) is 68.9 Å². The Labute approximate surface area is 148 Å². The number of aromatic nitrogens is 1. The summed E-state index contributed by atoms with van der Waals surface area (Å²) in [6, 6.07) is 15.6. The fourth-order valence-corrected chi connectivity index (χ4v) is 2.83. The molecule has 0 atom stereocenters. The van der Waals surface area contributed by atoms with E-state index in [1.165, 1.54) is 6.20 Å². The highest BCUT2D eigenvalue weighted by Crippen LogP contribution is 2.35. The van der Waals surface area contributed by atoms with Crippen molar-refractivity contribution in [3.63, 3.8) is 0 Å². The molecule has 0 aliphatic heterocycles. The predicted molar refractivity (Wildman–Crippen MR) is 99.5 cm³/mol. The summed E-state index contributed by atoms with van der Waals surface area (Å²) in [4.78, 5) is 4.23. The summed E-state index contributed by atoms with van der Waals surface area (Å²) in [5, 5.41) is 23.5. The third-order valence-electron chi connectivity index (χ3n) is 3.97. The Balaban J connectivity index is 2.00. The number of benzene rings is 2. The van der Waals surface area contributed by atoms with Crippen molar-refractivity contribution in [1.29, 1.82) is 5.26 Å². The van der Waals surface area contributed by atoms with Crippen molar-refractivity contribution in [3.8, 4) is 11.8 Å². The summed E-state index contributed by atoms with van der Waals surface area (Å²) in [6.45, 7) is 3.77. The molecule has 2 aromatic carbocycles.